The maximum atomic E-state index is 12.4. The molecule has 0 aromatic carbocycles. The third-order valence-electron chi connectivity index (χ3n) is 4.23. The van der Waals surface area contributed by atoms with Crippen LogP contribution in [-0.4, -0.2) is 41.6 Å². The Labute approximate surface area is 124 Å². The predicted molar refractivity (Wildman–Crippen MR) is 79.7 cm³/mol. The second-order valence-electron chi connectivity index (χ2n) is 5.76. The van der Waals surface area contributed by atoms with Crippen LogP contribution in [0.4, 0.5) is 0 Å². The summed E-state index contributed by atoms with van der Waals surface area (Å²) in [5.41, 5.74) is 6.01. The van der Waals surface area contributed by atoms with E-state index < -0.39 is 0 Å². The molecule has 5 nitrogen and oxygen atoms in total. The SMILES string of the molecule is CCO[C@H]1C[C@H](N(C)C(=O)c2csc(CN)n2)C1(C)C. The van der Waals surface area contributed by atoms with Crippen LogP contribution in [-0.2, 0) is 11.3 Å². The molecule has 6 heteroatoms. The second kappa shape index (κ2) is 5.79. The van der Waals surface area contributed by atoms with Crippen LogP contribution in [0.5, 0.6) is 0 Å². The molecule has 0 spiro atoms. The molecule has 1 aromatic rings. The van der Waals surface area contributed by atoms with Crippen molar-refractivity contribution in [3.63, 3.8) is 0 Å². The van der Waals surface area contributed by atoms with E-state index in [1.165, 1.54) is 11.3 Å². The number of aromatic nitrogens is 1. The molecule has 0 bridgehead atoms. The van der Waals surface area contributed by atoms with E-state index in [0.29, 0.717) is 18.8 Å². The van der Waals surface area contributed by atoms with Gasteiger partial charge in [0.1, 0.15) is 10.7 Å². The van der Waals surface area contributed by atoms with E-state index in [1.807, 2.05) is 14.0 Å². The Kier molecular flexibility index (Phi) is 4.46. The van der Waals surface area contributed by atoms with Crippen molar-refractivity contribution in [3.8, 4) is 0 Å². The smallest absolute Gasteiger partial charge is 0.273 e. The number of hydrogen-bond donors (Lipinski definition) is 1. The summed E-state index contributed by atoms with van der Waals surface area (Å²) in [6.07, 6.45) is 1.11. The standard InChI is InChI=1S/C14H23N3O2S/c1-5-19-11-6-10(14(11,2)3)17(4)13(18)9-8-20-12(7-15)16-9/h8,10-11H,5-7,15H2,1-4H3/t10-,11-/m0/s1. The molecule has 2 atom stereocenters. The van der Waals surface area contributed by atoms with Crippen LogP contribution in [0.1, 0.15) is 42.7 Å². The Morgan fingerprint density at radius 2 is 2.35 bits per heavy atom. The molecule has 0 unspecified atom stereocenters. The number of nitrogens with two attached hydrogens (primary N) is 1. The Balaban J connectivity index is 2.05. The van der Waals surface area contributed by atoms with Crippen molar-refractivity contribution in [2.75, 3.05) is 13.7 Å². The van der Waals surface area contributed by atoms with E-state index in [1.54, 1.807) is 10.3 Å². The van der Waals surface area contributed by atoms with Gasteiger partial charge in [0.15, 0.2) is 0 Å². The summed E-state index contributed by atoms with van der Waals surface area (Å²) >= 11 is 1.43. The third-order valence-corrected chi connectivity index (χ3v) is 5.10. The lowest BCUT2D eigenvalue weighted by atomic mass is 9.63. The first-order valence-electron chi connectivity index (χ1n) is 6.95. The molecule has 1 aromatic heterocycles. The van der Waals surface area contributed by atoms with Crippen LogP contribution in [0.25, 0.3) is 0 Å². The molecule has 1 aliphatic rings. The number of carbonyl (C=O) groups is 1. The van der Waals surface area contributed by atoms with Crippen LogP contribution in [0, 0.1) is 5.41 Å². The van der Waals surface area contributed by atoms with Crippen LogP contribution in [0.2, 0.25) is 0 Å². The molecule has 20 heavy (non-hydrogen) atoms. The zero-order valence-electron chi connectivity index (χ0n) is 12.5. The number of carbonyl (C=O) groups excluding carboxylic acids is 1. The molecule has 1 fully saturated rings. The van der Waals surface area contributed by atoms with Gasteiger partial charge in [-0.05, 0) is 13.3 Å². The minimum atomic E-state index is -0.0334. The van der Waals surface area contributed by atoms with Crippen LogP contribution >= 0.6 is 11.3 Å². The third kappa shape index (κ3) is 2.60. The molecular weight excluding hydrogens is 274 g/mol. The maximum Gasteiger partial charge on any atom is 0.273 e. The molecule has 1 amide bonds. The van der Waals surface area contributed by atoms with Gasteiger partial charge in [-0.3, -0.25) is 4.79 Å². The predicted octanol–water partition coefficient (Wildman–Crippen LogP) is 1.88. The van der Waals surface area contributed by atoms with E-state index in [2.05, 4.69) is 18.8 Å². The fourth-order valence-electron chi connectivity index (χ4n) is 2.83. The molecule has 0 radical (unpaired) electrons. The minimum Gasteiger partial charge on any atom is -0.378 e. The molecule has 2 N–H and O–H groups in total. The fourth-order valence-corrected chi connectivity index (χ4v) is 3.48. The van der Waals surface area contributed by atoms with E-state index in [9.17, 15) is 4.79 Å². The quantitative estimate of drug-likeness (QED) is 0.901. The highest BCUT2D eigenvalue weighted by Crippen LogP contribution is 2.45. The van der Waals surface area contributed by atoms with Crippen molar-refractivity contribution in [1.82, 2.24) is 9.88 Å². The van der Waals surface area contributed by atoms with Gasteiger partial charge in [0, 0.05) is 37.0 Å². The Bertz CT molecular complexity index is 487. The lowest BCUT2D eigenvalue weighted by Crippen LogP contribution is -2.62. The monoisotopic (exact) mass is 297 g/mol. The average molecular weight is 297 g/mol. The molecule has 1 saturated carbocycles. The number of nitrogens with zero attached hydrogens (tertiary/aromatic N) is 2. The van der Waals surface area contributed by atoms with E-state index in [-0.39, 0.29) is 23.5 Å². The van der Waals surface area contributed by atoms with Crippen molar-refractivity contribution >= 4 is 17.2 Å². The lowest BCUT2D eigenvalue weighted by Gasteiger charge is -2.54. The number of amides is 1. The minimum absolute atomic E-state index is 0.0207. The maximum absolute atomic E-state index is 12.4. The van der Waals surface area contributed by atoms with Crippen molar-refractivity contribution < 1.29 is 9.53 Å². The highest BCUT2D eigenvalue weighted by Gasteiger charge is 2.51. The van der Waals surface area contributed by atoms with Gasteiger partial charge in [-0.15, -0.1) is 11.3 Å². The van der Waals surface area contributed by atoms with Gasteiger partial charge >= 0.3 is 0 Å². The Morgan fingerprint density at radius 3 is 2.85 bits per heavy atom. The molecule has 0 saturated heterocycles. The Hall–Kier alpha value is -0.980. The van der Waals surface area contributed by atoms with Crippen molar-refractivity contribution in [3.05, 3.63) is 16.1 Å². The number of ether oxygens (including phenoxy) is 1. The van der Waals surface area contributed by atoms with Gasteiger partial charge in [0.25, 0.3) is 5.91 Å². The molecule has 0 aliphatic heterocycles. The van der Waals surface area contributed by atoms with Gasteiger partial charge < -0.3 is 15.4 Å². The van der Waals surface area contributed by atoms with E-state index in [0.717, 1.165) is 11.4 Å². The van der Waals surface area contributed by atoms with Gasteiger partial charge in [-0.2, -0.15) is 0 Å². The van der Waals surface area contributed by atoms with Gasteiger partial charge in [0.05, 0.1) is 6.10 Å². The van der Waals surface area contributed by atoms with Crippen LogP contribution in [0.15, 0.2) is 5.38 Å². The zero-order chi connectivity index (χ0) is 14.9. The van der Waals surface area contributed by atoms with Gasteiger partial charge in [-0.1, -0.05) is 13.8 Å². The molecule has 1 aliphatic carbocycles. The topological polar surface area (TPSA) is 68.5 Å². The largest absolute Gasteiger partial charge is 0.378 e. The average Bonchev–Trinajstić information content (AvgIpc) is 2.90. The number of rotatable bonds is 5. The van der Waals surface area contributed by atoms with Gasteiger partial charge in [-0.25, -0.2) is 4.98 Å². The summed E-state index contributed by atoms with van der Waals surface area (Å²) in [7, 11) is 1.85. The summed E-state index contributed by atoms with van der Waals surface area (Å²) in [6.45, 7) is 7.39. The number of hydrogen-bond acceptors (Lipinski definition) is 5. The first kappa shape index (κ1) is 15.4. The highest BCUT2D eigenvalue weighted by molar-refractivity contribution is 7.09. The molecule has 1 heterocycles. The first-order valence-corrected chi connectivity index (χ1v) is 7.83. The van der Waals surface area contributed by atoms with E-state index >= 15 is 0 Å². The highest BCUT2D eigenvalue weighted by atomic mass is 32.1. The van der Waals surface area contributed by atoms with Crippen LogP contribution < -0.4 is 5.73 Å². The summed E-state index contributed by atoms with van der Waals surface area (Å²) in [6, 6.07) is 0.189. The van der Waals surface area contributed by atoms with Crippen molar-refractivity contribution in [1.29, 1.82) is 0 Å². The summed E-state index contributed by atoms with van der Waals surface area (Å²) in [5.74, 6) is -0.0334. The zero-order valence-corrected chi connectivity index (χ0v) is 13.4. The Morgan fingerprint density at radius 1 is 1.65 bits per heavy atom. The van der Waals surface area contributed by atoms with Crippen LogP contribution in [0.3, 0.4) is 0 Å². The van der Waals surface area contributed by atoms with Crippen molar-refractivity contribution in [2.24, 2.45) is 11.1 Å². The van der Waals surface area contributed by atoms with E-state index in [4.69, 9.17) is 10.5 Å². The lowest BCUT2D eigenvalue weighted by molar-refractivity contribution is -0.136. The summed E-state index contributed by atoms with van der Waals surface area (Å²) < 4.78 is 5.71. The number of thiazole rings is 1. The fraction of sp³-hybridized carbons (Fsp3) is 0.714. The van der Waals surface area contributed by atoms with Crippen molar-refractivity contribution in [2.45, 2.75) is 45.9 Å². The second-order valence-corrected chi connectivity index (χ2v) is 6.71. The molecule has 112 valence electrons. The molecular formula is C14H23N3O2S. The summed E-state index contributed by atoms with van der Waals surface area (Å²) in [5, 5.41) is 2.58. The molecule has 2 rings (SSSR count). The first-order chi connectivity index (χ1) is 9.41. The van der Waals surface area contributed by atoms with Gasteiger partial charge in [0.2, 0.25) is 0 Å². The summed E-state index contributed by atoms with van der Waals surface area (Å²) in [4.78, 5) is 18.5. The normalized spacial score (nSPS) is 24.2.